The second-order valence-electron chi connectivity index (χ2n) is 5.54. The second kappa shape index (κ2) is 7.53. The third kappa shape index (κ3) is 3.39. The Kier molecular flexibility index (Phi) is 5.18. The number of nitrogens with zero attached hydrogens (tertiary/aromatic N) is 2. The Hall–Kier alpha value is -2.93. The Morgan fingerprint density at radius 1 is 1.27 bits per heavy atom. The smallest absolute Gasteiger partial charge is 0.280 e. The molecule has 1 heterocycles. The van der Waals surface area contributed by atoms with Gasteiger partial charge in [-0.05, 0) is 36.8 Å². The van der Waals surface area contributed by atoms with Crippen molar-refractivity contribution in [2.24, 2.45) is 5.10 Å². The molecule has 0 saturated heterocycles. The lowest BCUT2D eigenvalue weighted by Crippen LogP contribution is -2.31. The van der Waals surface area contributed by atoms with Gasteiger partial charge in [-0.15, -0.1) is 0 Å². The molecule has 3 rings (SSSR count). The number of benzene rings is 2. The predicted molar refractivity (Wildman–Crippen MR) is 105 cm³/mol. The van der Waals surface area contributed by atoms with Gasteiger partial charge < -0.3 is 9.67 Å². The molecule has 0 bridgehead atoms. The molecule has 2 aromatic carbocycles. The van der Waals surface area contributed by atoms with Crippen LogP contribution < -0.4 is 11.0 Å². The first kappa shape index (κ1) is 17.9. The van der Waals surface area contributed by atoms with Crippen molar-refractivity contribution in [2.75, 3.05) is 0 Å². The number of pyridine rings is 1. The van der Waals surface area contributed by atoms with Crippen LogP contribution in [0, 0.1) is 0 Å². The SMILES string of the molecule is CCn1c(=O)c(C(=O)N/N=C\c2cccc(Br)c2)c(O)c2ccccc21. The summed E-state index contributed by atoms with van der Waals surface area (Å²) in [4.78, 5) is 25.1. The highest BCUT2D eigenvalue weighted by Gasteiger charge is 2.21. The van der Waals surface area contributed by atoms with Gasteiger partial charge in [-0.2, -0.15) is 5.10 Å². The maximum absolute atomic E-state index is 12.6. The van der Waals surface area contributed by atoms with Crippen molar-refractivity contribution in [1.82, 2.24) is 9.99 Å². The van der Waals surface area contributed by atoms with Gasteiger partial charge in [-0.3, -0.25) is 9.59 Å². The summed E-state index contributed by atoms with van der Waals surface area (Å²) in [6.07, 6.45) is 1.46. The van der Waals surface area contributed by atoms with Crippen LogP contribution >= 0.6 is 15.9 Å². The number of hydrogen-bond donors (Lipinski definition) is 2. The van der Waals surface area contributed by atoms with E-state index in [0.717, 1.165) is 10.0 Å². The lowest BCUT2D eigenvalue weighted by atomic mass is 10.1. The first-order valence-electron chi connectivity index (χ1n) is 7.96. The number of aryl methyl sites for hydroxylation is 1. The molecule has 0 atom stereocenters. The quantitative estimate of drug-likeness (QED) is 0.508. The van der Waals surface area contributed by atoms with E-state index in [-0.39, 0.29) is 11.3 Å². The summed E-state index contributed by atoms with van der Waals surface area (Å²) in [5, 5.41) is 14.8. The summed E-state index contributed by atoms with van der Waals surface area (Å²) in [5.74, 6) is -1.10. The van der Waals surface area contributed by atoms with Crippen molar-refractivity contribution in [3.63, 3.8) is 0 Å². The molecule has 6 nitrogen and oxygen atoms in total. The van der Waals surface area contributed by atoms with Crippen LogP contribution in [0.4, 0.5) is 0 Å². The standard InChI is InChI=1S/C19H16BrN3O3/c1-2-23-15-9-4-3-8-14(15)17(24)16(19(23)26)18(25)22-21-11-12-6-5-7-13(20)10-12/h3-11,24H,2H2,1H3,(H,22,25)/b21-11-. The maximum atomic E-state index is 12.6. The fourth-order valence-corrected chi connectivity index (χ4v) is 3.13. The van der Waals surface area contributed by atoms with Gasteiger partial charge >= 0.3 is 0 Å². The Morgan fingerprint density at radius 3 is 2.77 bits per heavy atom. The van der Waals surface area contributed by atoms with Crippen LogP contribution in [0.5, 0.6) is 5.75 Å². The highest BCUT2D eigenvalue weighted by atomic mass is 79.9. The van der Waals surface area contributed by atoms with Crippen molar-refractivity contribution < 1.29 is 9.90 Å². The Bertz CT molecular complexity index is 1070. The van der Waals surface area contributed by atoms with Crippen LogP contribution in [-0.4, -0.2) is 21.8 Å². The molecule has 1 aromatic heterocycles. The van der Waals surface area contributed by atoms with Crippen LogP contribution in [0.25, 0.3) is 10.9 Å². The van der Waals surface area contributed by atoms with E-state index in [0.29, 0.717) is 17.4 Å². The molecule has 3 aromatic rings. The lowest BCUT2D eigenvalue weighted by Gasteiger charge is -2.12. The largest absolute Gasteiger partial charge is 0.506 e. The molecule has 0 aliphatic carbocycles. The van der Waals surface area contributed by atoms with Crippen LogP contribution in [0.2, 0.25) is 0 Å². The molecule has 7 heteroatoms. The van der Waals surface area contributed by atoms with Crippen LogP contribution in [0.15, 0.2) is 62.9 Å². The van der Waals surface area contributed by atoms with Gasteiger partial charge in [0, 0.05) is 16.4 Å². The van der Waals surface area contributed by atoms with Gasteiger partial charge in [-0.25, -0.2) is 5.43 Å². The van der Waals surface area contributed by atoms with E-state index >= 15 is 0 Å². The Labute approximate surface area is 157 Å². The van der Waals surface area contributed by atoms with Crippen molar-refractivity contribution in [3.8, 4) is 5.75 Å². The van der Waals surface area contributed by atoms with Gasteiger partial charge in [0.25, 0.3) is 11.5 Å². The highest BCUT2D eigenvalue weighted by Crippen LogP contribution is 2.26. The molecule has 132 valence electrons. The van der Waals surface area contributed by atoms with E-state index in [1.54, 1.807) is 31.2 Å². The third-order valence-electron chi connectivity index (χ3n) is 3.92. The number of hydrazone groups is 1. The molecule has 2 N–H and O–H groups in total. The summed E-state index contributed by atoms with van der Waals surface area (Å²) in [6.45, 7) is 2.18. The van der Waals surface area contributed by atoms with Crippen LogP contribution in [0.3, 0.4) is 0 Å². The molecule has 0 radical (unpaired) electrons. The monoisotopic (exact) mass is 413 g/mol. The summed E-state index contributed by atoms with van der Waals surface area (Å²) in [5.41, 5.74) is 2.77. The molecule has 0 unspecified atom stereocenters. The van der Waals surface area contributed by atoms with E-state index in [1.807, 2.05) is 24.3 Å². The number of amides is 1. The zero-order chi connectivity index (χ0) is 18.7. The number of rotatable bonds is 4. The zero-order valence-corrected chi connectivity index (χ0v) is 15.5. The number of carbonyl (C=O) groups is 1. The van der Waals surface area contributed by atoms with Gasteiger partial charge in [0.1, 0.15) is 11.3 Å². The first-order valence-corrected chi connectivity index (χ1v) is 8.75. The Morgan fingerprint density at radius 2 is 2.04 bits per heavy atom. The third-order valence-corrected chi connectivity index (χ3v) is 4.41. The second-order valence-corrected chi connectivity index (χ2v) is 6.46. The van der Waals surface area contributed by atoms with E-state index in [9.17, 15) is 14.7 Å². The maximum Gasteiger partial charge on any atom is 0.280 e. The Balaban J connectivity index is 1.97. The summed E-state index contributed by atoms with van der Waals surface area (Å²) in [6, 6.07) is 14.3. The van der Waals surface area contributed by atoms with Crippen LogP contribution in [0.1, 0.15) is 22.8 Å². The molecule has 0 aliphatic heterocycles. The number of hydrogen-bond acceptors (Lipinski definition) is 4. The molecule has 0 aliphatic rings. The number of fused-ring (bicyclic) bond motifs is 1. The number of aromatic nitrogens is 1. The fourth-order valence-electron chi connectivity index (χ4n) is 2.72. The van der Waals surface area contributed by atoms with Crippen molar-refractivity contribution >= 4 is 39.0 Å². The van der Waals surface area contributed by atoms with Gasteiger partial charge in [0.05, 0.1) is 11.7 Å². The molecular formula is C19H16BrN3O3. The van der Waals surface area contributed by atoms with Gasteiger partial charge in [-0.1, -0.05) is 40.2 Å². The lowest BCUT2D eigenvalue weighted by molar-refractivity contribution is 0.0950. The number of nitrogens with one attached hydrogen (secondary N) is 1. The molecule has 0 spiro atoms. The summed E-state index contributed by atoms with van der Waals surface area (Å²) in [7, 11) is 0. The van der Waals surface area contributed by atoms with E-state index in [1.165, 1.54) is 10.8 Å². The van der Waals surface area contributed by atoms with Crippen molar-refractivity contribution in [2.45, 2.75) is 13.5 Å². The minimum atomic E-state index is -0.758. The number of aromatic hydroxyl groups is 1. The van der Waals surface area contributed by atoms with Crippen molar-refractivity contribution in [1.29, 1.82) is 0 Å². The molecule has 26 heavy (non-hydrogen) atoms. The first-order chi connectivity index (χ1) is 12.5. The minimum absolute atomic E-state index is 0.322. The van der Waals surface area contributed by atoms with E-state index in [2.05, 4.69) is 26.5 Å². The molecule has 0 fully saturated rings. The van der Waals surface area contributed by atoms with Crippen LogP contribution in [-0.2, 0) is 6.54 Å². The number of halogens is 1. The average molecular weight is 414 g/mol. The fraction of sp³-hybridized carbons (Fsp3) is 0.105. The van der Waals surface area contributed by atoms with E-state index < -0.39 is 11.5 Å². The molecule has 0 saturated carbocycles. The van der Waals surface area contributed by atoms with Crippen molar-refractivity contribution in [3.05, 3.63) is 74.5 Å². The number of para-hydroxylation sites is 1. The predicted octanol–water partition coefficient (Wildman–Crippen LogP) is 3.25. The summed E-state index contributed by atoms with van der Waals surface area (Å²) >= 11 is 3.35. The minimum Gasteiger partial charge on any atom is -0.506 e. The highest BCUT2D eigenvalue weighted by molar-refractivity contribution is 9.10. The topological polar surface area (TPSA) is 83.7 Å². The van der Waals surface area contributed by atoms with Gasteiger partial charge in [0.2, 0.25) is 0 Å². The summed E-state index contributed by atoms with van der Waals surface area (Å²) < 4.78 is 2.33. The van der Waals surface area contributed by atoms with Gasteiger partial charge in [0.15, 0.2) is 0 Å². The number of carbonyl (C=O) groups excluding carboxylic acids is 1. The zero-order valence-electron chi connectivity index (χ0n) is 13.9. The normalized spacial score (nSPS) is 11.2. The molecule has 1 amide bonds. The van der Waals surface area contributed by atoms with E-state index in [4.69, 9.17) is 0 Å². The molecular weight excluding hydrogens is 398 g/mol. The average Bonchev–Trinajstić information content (AvgIpc) is 2.62.